The summed E-state index contributed by atoms with van der Waals surface area (Å²) in [7, 11) is 0. The van der Waals surface area contributed by atoms with E-state index in [-0.39, 0.29) is 17.5 Å². The van der Waals surface area contributed by atoms with Gasteiger partial charge in [0.2, 0.25) is 11.1 Å². The zero-order valence-electron chi connectivity index (χ0n) is 13.7. The summed E-state index contributed by atoms with van der Waals surface area (Å²) in [5, 5.41) is 10.7. The van der Waals surface area contributed by atoms with Crippen LogP contribution in [0.4, 0.5) is 14.5 Å². The average molecular weight is 375 g/mol. The molecule has 1 amide bonds. The number of nitrogens with one attached hydrogen (secondary N) is 1. The molecule has 0 radical (unpaired) electrons. The second-order valence-corrected chi connectivity index (χ2v) is 6.43. The summed E-state index contributed by atoms with van der Waals surface area (Å²) >= 11 is 1.07. The second-order valence-electron chi connectivity index (χ2n) is 5.49. The van der Waals surface area contributed by atoms with Crippen LogP contribution in [0, 0.1) is 18.6 Å². The Bertz CT molecular complexity index is 960. The summed E-state index contributed by atoms with van der Waals surface area (Å²) in [6.07, 6.45) is 0. The average Bonchev–Trinajstić information content (AvgIpc) is 2.97. The topological polar surface area (TPSA) is 85.8 Å². The first-order valence-corrected chi connectivity index (χ1v) is 8.58. The van der Waals surface area contributed by atoms with Crippen LogP contribution in [0.25, 0.3) is 11.4 Å². The lowest BCUT2D eigenvalue weighted by molar-refractivity contribution is -0.113. The molecule has 1 aromatic heterocycles. The summed E-state index contributed by atoms with van der Waals surface area (Å²) < 4.78 is 28.0. The van der Waals surface area contributed by atoms with Crippen molar-refractivity contribution in [1.29, 1.82) is 0 Å². The first-order chi connectivity index (χ1) is 12.4. The number of thioether (sulfide) groups is 1. The molecule has 3 rings (SSSR count). The molecule has 0 saturated carbocycles. The molecular formula is C17H15F2N5OS. The number of carbonyl (C=O) groups excluding carboxylic acids is 1. The second kappa shape index (κ2) is 7.52. The highest BCUT2D eigenvalue weighted by Crippen LogP contribution is 2.22. The SMILES string of the molecule is Cc1ccc(NC(=O)CSc2nnc(-c3cccc(F)c3)n2N)cc1F. The van der Waals surface area contributed by atoms with Gasteiger partial charge >= 0.3 is 0 Å². The van der Waals surface area contributed by atoms with Crippen molar-refractivity contribution in [2.75, 3.05) is 16.9 Å². The zero-order chi connectivity index (χ0) is 18.7. The van der Waals surface area contributed by atoms with Crippen LogP contribution in [0.1, 0.15) is 5.56 Å². The van der Waals surface area contributed by atoms with E-state index in [9.17, 15) is 13.6 Å². The normalized spacial score (nSPS) is 10.7. The van der Waals surface area contributed by atoms with E-state index in [2.05, 4.69) is 15.5 Å². The van der Waals surface area contributed by atoms with Crippen LogP contribution in [0.15, 0.2) is 47.6 Å². The standard InChI is InChI=1S/C17H15F2N5OS/c1-10-5-6-13(8-14(10)19)21-15(25)9-26-17-23-22-16(24(17)20)11-3-2-4-12(18)7-11/h2-8H,9,20H2,1H3,(H,21,25). The van der Waals surface area contributed by atoms with Gasteiger partial charge in [-0.15, -0.1) is 10.2 Å². The fourth-order valence-corrected chi connectivity index (χ4v) is 2.85. The number of benzene rings is 2. The molecule has 0 saturated heterocycles. The number of aryl methyl sites for hydroxylation is 1. The molecule has 3 N–H and O–H groups in total. The van der Waals surface area contributed by atoms with Crippen molar-refractivity contribution in [3.05, 3.63) is 59.7 Å². The highest BCUT2D eigenvalue weighted by Gasteiger charge is 2.14. The monoisotopic (exact) mass is 375 g/mol. The highest BCUT2D eigenvalue weighted by molar-refractivity contribution is 7.99. The van der Waals surface area contributed by atoms with Crippen molar-refractivity contribution >= 4 is 23.4 Å². The Morgan fingerprint density at radius 1 is 1.23 bits per heavy atom. The van der Waals surface area contributed by atoms with Gasteiger partial charge in [0.05, 0.1) is 5.75 Å². The summed E-state index contributed by atoms with van der Waals surface area (Å²) in [5.41, 5.74) is 1.35. The Hall–Kier alpha value is -2.94. The molecule has 0 bridgehead atoms. The lowest BCUT2D eigenvalue weighted by Gasteiger charge is -2.06. The third kappa shape index (κ3) is 3.99. The number of hydrogen-bond donors (Lipinski definition) is 2. The Balaban J connectivity index is 1.64. The third-order valence-electron chi connectivity index (χ3n) is 3.54. The van der Waals surface area contributed by atoms with Crippen molar-refractivity contribution < 1.29 is 13.6 Å². The third-order valence-corrected chi connectivity index (χ3v) is 4.48. The highest BCUT2D eigenvalue weighted by atomic mass is 32.2. The lowest BCUT2D eigenvalue weighted by atomic mass is 10.2. The molecule has 9 heteroatoms. The number of aromatic nitrogens is 3. The first-order valence-electron chi connectivity index (χ1n) is 7.59. The molecule has 2 aromatic carbocycles. The van der Waals surface area contributed by atoms with E-state index < -0.39 is 11.6 Å². The van der Waals surface area contributed by atoms with Crippen LogP contribution < -0.4 is 11.2 Å². The van der Waals surface area contributed by atoms with Gasteiger partial charge in [-0.05, 0) is 36.8 Å². The molecule has 6 nitrogen and oxygen atoms in total. The van der Waals surface area contributed by atoms with Gasteiger partial charge < -0.3 is 11.2 Å². The number of nitrogens with zero attached hydrogens (tertiary/aromatic N) is 3. The Kier molecular flexibility index (Phi) is 5.17. The fraction of sp³-hybridized carbons (Fsp3) is 0.118. The molecule has 3 aromatic rings. The van der Waals surface area contributed by atoms with Crippen molar-refractivity contribution in [1.82, 2.24) is 14.9 Å². The number of carbonyl (C=O) groups is 1. The number of rotatable bonds is 5. The van der Waals surface area contributed by atoms with Crippen LogP contribution in [0.5, 0.6) is 0 Å². The molecule has 0 unspecified atom stereocenters. The van der Waals surface area contributed by atoms with Crippen molar-refractivity contribution in [3.8, 4) is 11.4 Å². The molecule has 0 fully saturated rings. The fourth-order valence-electron chi connectivity index (χ4n) is 2.20. The van der Waals surface area contributed by atoms with Crippen molar-refractivity contribution in [3.63, 3.8) is 0 Å². The summed E-state index contributed by atoms with van der Waals surface area (Å²) in [4.78, 5) is 12.0. The van der Waals surface area contributed by atoms with Gasteiger partial charge in [0.15, 0.2) is 5.82 Å². The smallest absolute Gasteiger partial charge is 0.234 e. The predicted octanol–water partition coefficient (Wildman–Crippen LogP) is 2.98. The van der Waals surface area contributed by atoms with Gasteiger partial charge in [0, 0.05) is 11.3 Å². The van der Waals surface area contributed by atoms with Gasteiger partial charge in [0.25, 0.3) is 0 Å². The van der Waals surface area contributed by atoms with Crippen LogP contribution in [0.2, 0.25) is 0 Å². The number of nitrogen functional groups attached to an aromatic ring is 1. The Morgan fingerprint density at radius 2 is 2.04 bits per heavy atom. The number of amides is 1. The lowest BCUT2D eigenvalue weighted by Crippen LogP contribution is -2.16. The first kappa shape index (κ1) is 17.9. The zero-order valence-corrected chi connectivity index (χ0v) is 14.6. The molecule has 0 atom stereocenters. The van der Waals surface area contributed by atoms with Gasteiger partial charge in [0.1, 0.15) is 11.6 Å². The number of halogens is 2. The van der Waals surface area contributed by atoms with E-state index in [0.717, 1.165) is 11.8 Å². The number of anilines is 1. The van der Waals surface area contributed by atoms with Gasteiger partial charge in [-0.2, -0.15) is 0 Å². The molecule has 0 spiro atoms. The number of nitrogens with two attached hydrogens (primary N) is 1. The molecule has 0 aliphatic carbocycles. The Morgan fingerprint density at radius 3 is 2.77 bits per heavy atom. The summed E-state index contributed by atoms with van der Waals surface area (Å²) in [6.45, 7) is 1.64. The van der Waals surface area contributed by atoms with E-state index in [1.165, 1.54) is 22.9 Å². The summed E-state index contributed by atoms with van der Waals surface area (Å²) in [5.74, 6) is 5.08. The maximum Gasteiger partial charge on any atom is 0.234 e. The van der Waals surface area contributed by atoms with Crippen LogP contribution in [-0.2, 0) is 4.79 Å². The van der Waals surface area contributed by atoms with Gasteiger partial charge in [-0.1, -0.05) is 30.0 Å². The maximum absolute atomic E-state index is 13.5. The molecule has 1 heterocycles. The quantitative estimate of drug-likeness (QED) is 0.529. The van der Waals surface area contributed by atoms with Gasteiger partial charge in [-0.25, -0.2) is 13.5 Å². The minimum atomic E-state index is -0.413. The largest absolute Gasteiger partial charge is 0.335 e. The van der Waals surface area contributed by atoms with Crippen LogP contribution >= 0.6 is 11.8 Å². The molecule has 26 heavy (non-hydrogen) atoms. The molecular weight excluding hydrogens is 360 g/mol. The Labute approximate surface area is 152 Å². The van der Waals surface area contributed by atoms with E-state index in [1.54, 1.807) is 31.2 Å². The summed E-state index contributed by atoms with van der Waals surface area (Å²) in [6, 6.07) is 10.3. The molecule has 0 aliphatic heterocycles. The van der Waals surface area contributed by atoms with E-state index in [0.29, 0.717) is 22.0 Å². The van der Waals surface area contributed by atoms with E-state index >= 15 is 0 Å². The minimum Gasteiger partial charge on any atom is -0.335 e. The van der Waals surface area contributed by atoms with Crippen LogP contribution in [-0.4, -0.2) is 26.5 Å². The van der Waals surface area contributed by atoms with Crippen molar-refractivity contribution in [2.24, 2.45) is 0 Å². The van der Waals surface area contributed by atoms with Crippen LogP contribution in [0.3, 0.4) is 0 Å². The number of hydrogen-bond acceptors (Lipinski definition) is 5. The van der Waals surface area contributed by atoms with Gasteiger partial charge in [-0.3, -0.25) is 4.79 Å². The predicted molar refractivity (Wildman–Crippen MR) is 96.1 cm³/mol. The van der Waals surface area contributed by atoms with E-state index in [1.807, 2.05) is 0 Å². The van der Waals surface area contributed by atoms with Crippen molar-refractivity contribution in [2.45, 2.75) is 12.1 Å². The maximum atomic E-state index is 13.5. The van der Waals surface area contributed by atoms with E-state index in [4.69, 9.17) is 5.84 Å². The molecule has 0 aliphatic rings. The minimum absolute atomic E-state index is 0.00792. The molecule has 134 valence electrons.